The van der Waals surface area contributed by atoms with Gasteiger partial charge in [0, 0.05) is 40.4 Å². The lowest BCUT2D eigenvalue weighted by molar-refractivity contribution is 1.08. The summed E-state index contributed by atoms with van der Waals surface area (Å²) >= 11 is 1.46. The van der Waals surface area contributed by atoms with Crippen LogP contribution in [-0.2, 0) is 0 Å². The van der Waals surface area contributed by atoms with Crippen LogP contribution in [0.4, 0.5) is 0 Å². The van der Waals surface area contributed by atoms with Crippen LogP contribution in [0, 0.1) is 0 Å². The van der Waals surface area contributed by atoms with E-state index in [4.69, 9.17) is 0 Å². The van der Waals surface area contributed by atoms with Crippen LogP contribution in [-0.4, -0.2) is 14.4 Å². The fourth-order valence-electron chi connectivity index (χ4n) is 2.30. The third kappa shape index (κ3) is 1.45. The Morgan fingerprint density at radius 3 is 3.05 bits per heavy atom. The molecule has 0 amide bonds. The van der Waals surface area contributed by atoms with E-state index in [0.717, 1.165) is 16.5 Å². The van der Waals surface area contributed by atoms with Gasteiger partial charge in [-0.3, -0.25) is 9.20 Å². The molecular weight excluding hydrogens is 258 g/mol. The largest absolute Gasteiger partial charge is 0.361 e. The smallest absolute Gasteiger partial charge is 0.266 e. The first-order valence-electron chi connectivity index (χ1n) is 5.86. The van der Waals surface area contributed by atoms with E-state index in [1.807, 2.05) is 35.8 Å². The summed E-state index contributed by atoms with van der Waals surface area (Å²) in [6.07, 6.45) is 5.28. The van der Waals surface area contributed by atoms with Gasteiger partial charge in [0.1, 0.15) is 0 Å². The van der Waals surface area contributed by atoms with Crippen LogP contribution in [0.25, 0.3) is 27.0 Å². The normalized spacial score (nSPS) is 11.4. The van der Waals surface area contributed by atoms with Crippen molar-refractivity contribution in [3.63, 3.8) is 0 Å². The summed E-state index contributed by atoms with van der Waals surface area (Å²) in [4.78, 5) is 20.7. The lowest BCUT2D eigenvalue weighted by atomic mass is 10.1. The lowest BCUT2D eigenvalue weighted by Gasteiger charge is -1.99. The molecule has 5 heteroatoms. The zero-order valence-corrected chi connectivity index (χ0v) is 10.6. The number of aromatic amines is 1. The topological polar surface area (TPSA) is 50.2 Å². The van der Waals surface area contributed by atoms with Crippen LogP contribution >= 0.6 is 11.3 Å². The van der Waals surface area contributed by atoms with E-state index >= 15 is 0 Å². The van der Waals surface area contributed by atoms with Crippen molar-refractivity contribution in [3.8, 4) is 11.1 Å². The summed E-state index contributed by atoms with van der Waals surface area (Å²) in [5.74, 6) is 0. The molecule has 4 aromatic rings. The van der Waals surface area contributed by atoms with Crippen LogP contribution in [0.5, 0.6) is 0 Å². The predicted octanol–water partition coefficient (Wildman–Crippen LogP) is 2.90. The van der Waals surface area contributed by atoms with Crippen LogP contribution in [0.3, 0.4) is 0 Å². The van der Waals surface area contributed by atoms with Gasteiger partial charge in [-0.2, -0.15) is 0 Å². The highest BCUT2D eigenvalue weighted by molar-refractivity contribution is 7.15. The quantitative estimate of drug-likeness (QED) is 0.576. The van der Waals surface area contributed by atoms with E-state index in [2.05, 4.69) is 9.97 Å². The SMILES string of the molecule is O=c1c(-c2c[nH]c3ccccc23)cnc2sccn12. The minimum atomic E-state index is -0.0315. The molecule has 4 nitrogen and oxygen atoms in total. The molecule has 0 aliphatic rings. The minimum absolute atomic E-state index is 0.0315. The Balaban J connectivity index is 2.09. The van der Waals surface area contributed by atoms with Crippen molar-refractivity contribution < 1.29 is 0 Å². The number of fused-ring (bicyclic) bond motifs is 2. The zero-order valence-electron chi connectivity index (χ0n) is 9.83. The number of H-pyrrole nitrogens is 1. The summed E-state index contributed by atoms with van der Waals surface area (Å²) in [6, 6.07) is 7.93. The van der Waals surface area contributed by atoms with Crippen LogP contribution < -0.4 is 5.56 Å². The molecular formula is C14H9N3OS. The molecule has 0 saturated carbocycles. The number of nitrogens with one attached hydrogen (secondary N) is 1. The van der Waals surface area contributed by atoms with Gasteiger partial charge in [0.05, 0.1) is 5.56 Å². The minimum Gasteiger partial charge on any atom is -0.361 e. The van der Waals surface area contributed by atoms with Crippen molar-refractivity contribution in [3.05, 3.63) is 58.6 Å². The standard InChI is InChI=1S/C14H9N3OS/c18-13-11(8-16-14-17(13)5-6-19-14)10-7-15-12-4-2-1-3-9(10)12/h1-8,15H. The van der Waals surface area contributed by atoms with Crippen molar-refractivity contribution in [1.29, 1.82) is 0 Å². The number of aromatic nitrogens is 3. The molecule has 0 spiro atoms. The molecule has 0 bridgehead atoms. The predicted molar refractivity (Wildman–Crippen MR) is 76.6 cm³/mol. The summed E-state index contributed by atoms with van der Waals surface area (Å²) in [6.45, 7) is 0. The van der Waals surface area contributed by atoms with Gasteiger partial charge in [0.15, 0.2) is 4.96 Å². The Hall–Kier alpha value is -2.40. The maximum atomic E-state index is 12.4. The molecule has 0 atom stereocenters. The van der Waals surface area contributed by atoms with Crippen molar-refractivity contribution in [2.75, 3.05) is 0 Å². The monoisotopic (exact) mass is 267 g/mol. The summed E-state index contributed by atoms with van der Waals surface area (Å²) in [5.41, 5.74) is 2.50. The lowest BCUT2D eigenvalue weighted by Crippen LogP contribution is -2.14. The average Bonchev–Trinajstić information content (AvgIpc) is 3.06. The Kier molecular flexibility index (Phi) is 2.10. The molecule has 3 aromatic heterocycles. The van der Waals surface area contributed by atoms with Gasteiger partial charge in [-0.25, -0.2) is 4.98 Å². The molecule has 3 heterocycles. The molecule has 0 aliphatic carbocycles. The van der Waals surface area contributed by atoms with Gasteiger partial charge in [0.25, 0.3) is 5.56 Å². The molecule has 0 aliphatic heterocycles. The zero-order chi connectivity index (χ0) is 12.8. The Bertz CT molecular complexity index is 948. The molecule has 1 aromatic carbocycles. The van der Waals surface area contributed by atoms with Crippen molar-refractivity contribution in [2.24, 2.45) is 0 Å². The fourth-order valence-corrected chi connectivity index (χ4v) is 2.98. The molecule has 1 N–H and O–H groups in total. The maximum Gasteiger partial charge on any atom is 0.266 e. The number of nitrogens with zero attached hydrogens (tertiary/aromatic N) is 2. The number of thiazole rings is 1. The van der Waals surface area contributed by atoms with Gasteiger partial charge >= 0.3 is 0 Å². The third-order valence-electron chi connectivity index (χ3n) is 3.22. The van der Waals surface area contributed by atoms with Gasteiger partial charge < -0.3 is 4.98 Å². The van der Waals surface area contributed by atoms with Crippen LogP contribution in [0.2, 0.25) is 0 Å². The van der Waals surface area contributed by atoms with Crippen molar-refractivity contribution in [2.45, 2.75) is 0 Å². The molecule has 0 fully saturated rings. The summed E-state index contributed by atoms with van der Waals surface area (Å²) in [5, 5.41) is 2.90. The molecule has 0 radical (unpaired) electrons. The molecule has 0 saturated heterocycles. The molecule has 92 valence electrons. The highest BCUT2D eigenvalue weighted by atomic mass is 32.1. The Morgan fingerprint density at radius 1 is 1.21 bits per heavy atom. The van der Waals surface area contributed by atoms with Gasteiger partial charge in [-0.05, 0) is 6.07 Å². The number of benzene rings is 1. The number of para-hydroxylation sites is 1. The van der Waals surface area contributed by atoms with Crippen LogP contribution in [0.15, 0.2) is 53.0 Å². The Labute approximate surface area is 112 Å². The van der Waals surface area contributed by atoms with Gasteiger partial charge in [-0.1, -0.05) is 18.2 Å². The first-order valence-corrected chi connectivity index (χ1v) is 6.74. The highest BCUT2D eigenvalue weighted by Gasteiger charge is 2.11. The highest BCUT2D eigenvalue weighted by Crippen LogP contribution is 2.26. The maximum absolute atomic E-state index is 12.4. The first-order chi connectivity index (χ1) is 9.34. The van der Waals surface area contributed by atoms with E-state index in [0.29, 0.717) is 10.5 Å². The fraction of sp³-hybridized carbons (Fsp3) is 0. The molecule has 4 rings (SSSR count). The summed E-state index contributed by atoms with van der Waals surface area (Å²) < 4.78 is 1.59. The van der Waals surface area contributed by atoms with E-state index in [-0.39, 0.29) is 5.56 Å². The van der Waals surface area contributed by atoms with E-state index < -0.39 is 0 Å². The van der Waals surface area contributed by atoms with E-state index in [9.17, 15) is 4.79 Å². The molecule has 19 heavy (non-hydrogen) atoms. The third-order valence-corrected chi connectivity index (χ3v) is 3.99. The van der Waals surface area contributed by atoms with Crippen molar-refractivity contribution >= 4 is 27.2 Å². The second-order valence-corrected chi connectivity index (χ2v) is 5.15. The van der Waals surface area contributed by atoms with Crippen LogP contribution in [0.1, 0.15) is 0 Å². The second-order valence-electron chi connectivity index (χ2n) is 4.28. The first kappa shape index (κ1) is 10.5. The van der Waals surface area contributed by atoms with E-state index in [1.165, 1.54) is 11.3 Å². The van der Waals surface area contributed by atoms with Crippen molar-refractivity contribution in [1.82, 2.24) is 14.4 Å². The second kappa shape index (κ2) is 3.80. The number of hydrogen-bond acceptors (Lipinski definition) is 3. The van der Waals surface area contributed by atoms with Gasteiger partial charge in [0.2, 0.25) is 0 Å². The number of rotatable bonds is 1. The van der Waals surface area contributed by atoms with Gasteiger partial charge in [-0.15, -0.1) is 11.3 Å². The summed E-state index contributed by atoms with van der Waals surface area (Å²) in [7, 11) is 0. The molecule has 0 unspecified atom stereocenters. The Morgan fingerprint density at radius 2 is 2.11 bits per heavy atom. The van der Waals surface area contributed by atoms with E-state index in [1.54, 1.807) is 16.8 Å². The number of hydrogen-bond donors (Lipinski definition) is 1. The average molecular weight is 267 g/mol.